The first kappa shape index (κ1) is 50.1. The Bertz CT molecular complexity index is 610. The SMILES string of the molecule is CCCCCCCCCC(CCCCC)OP(=O)(OC(CCCCC)CCCCCCCCC)OC(CCCCC)CCCCCCCCC. The molecule has 0 aliphatic heterocycles. The van der Waals surface area contributed by atoms with Gasteiger partial charge in [-0.2, -0.15) is 0 Å². The molecule has 0 heterocycles. The molecule has 5 heteroatoms. The van der Waals surface area contributed by atoms with Crippen molar-refractivity contribution in [1.29, 1.82) is 0 Å². The van der Waals surface area contributed by atoms with Crippen LogP contribution in [0.2, 0.25) is 0 Å². The van der Waals surface area contributed by atoms with Crippen molar-refractivity contribution >= 4 is 7.82 Å². The molecule has 0 saturated carbocycles. The molecule has 3 atom stereocenters. The summed E-state index contributed by atoms with van der Waals surface area (Å²) in [5, 5.41) is 0. The zero-order valence-corrected chi connectivity index (χ0v) is 36.2. The maximum absolute atomic E-state index is 15.1. The summed E-state index contributed by atoms with van der Waals surface area (Å²) < 4.78 is 35.4. The summed E-state index contributed by atoms with van der Waals surface area (Å²) in [6, 6.07) is 0. The fourth-order valence-electron chi connectivity index (χ4n) is 7.22. The second kappa shape index (κ2) is 38.8. The summed E-state index contributed by atoms with van der Waals surface area (Å²) in [7, 11) is -3.74. The van der Waals surface area contributed by atoms with E-state index < -0.39 is 7.82 Å². The van der Waals surface area contributed by atoms with Crippen LogP contribution in [0.25, 0.3) is 0 Å². The molecule has 4 nitrogen and oxygen atoms in total. The van der Waals surface area contributed by atoms with Gasteiger partial charge in [0.1, 0.15) is 0 Å². The summed E-state index contributed by atoms with van der Waals surface area (Å²) in [5.74, 6) is 0. The van der Waals surface area contributed by atoms with Crippen LogP contribution in [0.5, 0.6) is 0 Å². The van der Waals surface area contributed by atoms with Gasteiger partial charge in [0.25, 0.3) is 0 Å². The van der Waals surface area contributed by atoms with Crippen LogP contribution in [0.3, 0.4) is 0 Å². The Balaban J connectivity index is 5.89. The molecular weight excluding hydrogens is 635 g/mol. The zero-order chi connectivity index (χ0) is 36.8. The first-order valence-electron chi connectivity index (χ1n) is 23.1. The minimum atomic E-state index is -3.74. The van der Waals surface area contributed by atoms with Gasteiger partial charge >= 0.3 is 7.82 Å². The van der Waals surface area contributed by atoms with E-state index in [0.717, 1.165) is 77.0 Å². The molecule has 0 spiro atoms. The summed E-state index contributed by atoms with van der Waals surface area (Å²) in [5.41, 5.74) is 0. The van der Waals surface area contributed by atoms with Gasteiger partial charge in [-0.05, 0) is 38.5 Å². The van der Waals surface area contributed by atoms with Crippen LogP contribution in [0.4, 0.5) is 0 Å². The summed E-state index contributed by atoms with van der Waals surface area (Å²) in [6.07, 6.45) is 43.0. The predicted molar refractivity (Wildman–Crippen MR) is 222 cm³/mol. The smallest absolute Gasteiger partial charge is 0.284 e. The molecule has 0 aliphatic carbocycles. The molecule has 0 radical (unpaired) electrons. The van der Waals surface area contributed by atoms with Crippen LogP contribution in [0.15, 0.2) is 0 Å². The molecular formula is C45H93O4P. The Labute approximate surface area is 316 Å². The van der Waals surface area contributed by atoms with Crippen molar-refractivity contribution in [2.75, 3.05) is 0 Å². The topological polar surface area (TPSA) is 44.8 Å². The summed E-state index contributed by atoms with van der Waals surface area (Å²) in [4.78, 5) is 0. The van der Waals surface area contributed by atoms with Gasteiger partial charge in [-0.3, -0.25) is 13.6 Å². The number of rotatable bonds is 42. The average Bonchev–Trinajstić information content (AvgIpc) is 3.10. The molecule has 0 aromatic heterocycles. The van der Waals surface area contributed by atoms with Crippen LogP contribution in [0, 0.1) is 0 Å². The van der Waals surface area contributed by atoms with Gasteiger partial charge in [-0.1, -0.05) is 234 Å². The number of phosphoric acid groups is 1. The van der Waals surface area contributed by atoms with Crippen LogP contribution < -0.4 is 0 Å². The number of hydrogen-bond donors (Lipinski definition) is 0. The fraction of sp³-hybridized carbons (Fsp3) is 1.00. The predicted octanol–water partition coefficient (Wildman–Crippen LogP) is 17.4. The molecule has 0 bridgehead atoms. The molecule has 0 N–H and O–H groups in total. The van der Waals surface area contributed by atoms with Crippen LogP contribution in [-0.4, -0.2) is 18.3 Å². The molecule has 0 amide bonds. The first-order chi connectivity index (χ1) is 24.5. The van der Waals surface area contributed by atoms with Crippen molar-refractivity contribution in [2.24, 2.45) is 0 Å². The van der Waals surface area contributed by atoms with Crippen molar-refractivity contribution < 1.29 is 18.1 Å². The third-order valence-electron chi connectivity index (χ3n) is 10.6. The van der Waals surface area contributed by atoms with Crippen molar-refractivity contribution in [3.8, 4) is 0 Å². The Kier molecular flexibility index (Phi) is 38.9. The van der Waals surface area contributed by atoms with Gasteiger partial charge in [-0.15, -0.1) is 0 Å². The van der Waals surface area contributed by atoms with E-state index in [1.165, 1.54) is 154 Å². The van der Waals surface area contributed by atoms with Gasteiger partial charge in [0.2, 0.25) is 0 Å². The van der Waals surface area contributed by atoms with Crippen LogP contribution in [0.1, 0.15) is 273 Å². The van der Waals surface area contributed by atoms with E-state index in [1.807, 2.05) is 0 Å². The van der Waals surface area contributed by atoms with Crippen molar-refractivity contribution in [3.63, 3.8) is 0 Å². The molecule has 50 heavy (non-hydrogen) atoms. The second-order valence-electron chi connectivity index (χ2n) is 15.8. The molecule has 0 aromatic rings. The standard InChI is InChI=1S/C45H93O4P/c1-7-13-19-22-25-28-34-40-43(37-31-16-10-4)47-50(46,48-44(38-32-17-11-5)41-35-29-26-23-20-14-8-2)49-45(39-33-18-12-6)42-36-30-27-24-21-15-9-3/h43-45H,7-42H2,1-6H3. The zero-order valence-electron chi connectivity index (χ0n) is 35.3. The average molecular weight is 729 g/mol. The normalized spacial score (nSPS) is 14.9. The van der Waals surface area contributed by atoms with E-state index in [-0.39, 0.29) is 18.3 Å². The molecule has 0 saturated heterocycles. The molecule has 3 unspecified atom stereocenters. The lowest BCUT2D eigenvalue weighted by Gasteiger charge is -2.31. The minimum Gasteiger partial charge on any atom is -0.284 e. The highest BCUT2D eigenvalue weighted by molar-refractivity contribution is 7.48. The van der Waals surface area contributed by atoms with Gasteiger partial charge in [-0.25, -0.2) is 4.57 Å². The van der Waals surface area contributed by atoms with Crippen LogP contribution in [-0.2, 0) is 18.1 Å². The highest BCUT2D eigenvalue weighted by Gasteiger charge is 2.36. The Morgan fingerprint density at radius 2 is 0.440 bits per heavy atom. The van der Waals surface area contributed by atoms with Gasteiger partial charge in [0.05, 0.1) is 18.3 Å². The quantitative estimate of drug-likeness (QED) is 0.0464. The maximum atomic E-state index is 15.1. The van der Waals surface area contributed by atoms with E-state index in [4.69, 9.17) is 13.6 Å². The largest absolute Gasteiger partial charge is 0.475 e. The maximum Gasteiger partial charge on any atom is 0.475 e. The summed E-state index contributed by atoms with van der Waals surface area (Å²) >= 11 is 0. The second-order valence-corrected chi connectivity index (χ2v) is 17.4. The number of unbranched alkanes of at least 4 members (excludes halogenated alkanes) is 24. The van der Waals surface area contributed by atoms with Gasteiger partial charge < -0.3 is 0 Å². The molecule has 0 rings (SSSR count). The highest BCUT2D eigenvalue weighted by Crippen LogP contribution is 2.55. The molecule has 0 aliphatic rings. The lowest BCUT2D eigenvalue weighted by Crippen LogP contribution is -2.22. The Morgan fingerprint density at radius 3 is 0.660 bits per heavy atom. The van der Waals surface area contributed by atoms with E-state index in [9.17, 15) is 0 Å². The lowest BCUT2D eigenvalue weighted by atomic mass is 10.0. The third-order valence-corrected chi connectivity index (χ3v) is 12.3. The minimum absolute atomic E-state index is 0.0484. The third kappa shape index (κ3) is 32.7. The lowest BCUT2D eigenvalue weighted by molar-refractivity contribution is 0.0156. The molecule has 0 fully saturated rings. The number of hydrogen-bond acceptors (Lipinski definition) is 4. The Hall–Kier alpha value is 0.110. The monoisotopic (exact) mass is 729 g/mol. The van der Waals surface area contributed by atoms with Gasteiger partial charge in [0, 0.05) is 0 Å². The fourth-order valence-corrected chi connectivity index (χ4v) is 9.10. The van der Waals surface area contributed by atoms with Crippen LogP contribution >= 0.6 is 7.82 Å². The van der Waals surface area contributed by atoms with E-state index in [0.29, 0.717) is 0 Å². The summed E-state index contributed by atoms with van der Waals surface area (Å²) in [6.45, 7) is 13.6. The Morgan fingerprint density at radius 1 is 0.280 bits per heavy atom. The van der Waals surface area contributed by atoms with Crippen molar-refractivity contribution in [2.45, 2.75) is 291 Å². The molecule has 0 aromatic carbocycles. The van der Waals surface area contributed by atoms with Crippen molar-refractivity contribution in [1.82, 2.24) is 0 Å². The molecule has 302 valence electrons. The first-order valence-corrected chi connectivity index (χ1v) is 24.6. The van der Waals surface area contributed by atoms with E-state index in [2.05, 4.69) is 41.5 Å². The highest BCUT2D eigenvalue weighted by atomic mass is 31.2. The van der Waals surface area contributed by atoms with E-state index in [1.54, 1.807) is 0 Å². The van der Waals surface area contributed by atoms with Gasteiger partial charge in [0.15, 0.2) is 0 Å². The number of phosphoric ester groups is 1. The van der Waals surface area contributed by atoms with Crippen molar-refractivity contribution in [3.05, 3.63) is 0 Å². The van der Waals surface area contributed by atoms with E-state index >= 15 is 4.57 Å².